The average Bonchev–Trinajstić information content (AvgIpc) is 2.41. The highest BCUT2D eigenvalue weighted by molar-refractivity contribution is 5.86. The quantitative estimate of drug-likeness (QED) is 0.786. The third-order valence-electron chi connectivity index (χ3n) is 3.23. The summed E-state index contributed by atoms with van der Waals surface area (Å²) in [5, 5.41) is 12.0. The minimum absolute atomic E-state index is 0.00644. The van der Waals surface area contributed by atoms with E-state index in [1.165, 1.54) is 0 Å². The van der Waals surface area contributed by atoms with Gasteiger partial charge in [-0.1, -0.05) is 6.07 Å². The molecule has 1 heterocycles. The lowest BCUT2D eigenvalue weighted by molar-refractivity contribution is -0.122. The number of rotatable bonds is 2. The van der Waals surface area contributed by atoms with Crippen molar-refractivity contribution in [2.75, 3.05) is 18.0 Å². The van der Waals surface area contributed by atoms with Gasteiger partial charge in [0, 0.05) is 19.6 Å². The Labute approximate surface area is 106 Å². The zero-order valence-electron chi connectivity index (χ0n) is 10.3. The van der Waals surface area contributed by atoms with Gasteiger partial charge in [-0.05, 0) is 24.6 Å². The molecule has 1 unspecified atom stereocenters. The molecule has 94 valence electrons. The Hall–Kier alpha value is -2.06. The summed E-state index contributed by atoms with van der Waals surface area (Å²) >= 11 is 0. The zero-order chi connectivity index (χ0) is 13.1. The first kappa shape index (κ1) is 12.4. The fourth-order valence-corrected chi connectivity index (χ4v) is 2.16. The van der Waals surface area contributed by atoms with Crippen LogP contribution in [-0.4, -0.2) is 25.0 Å². The van der Waals surface area contributed by atoms with E-state index in [2.05, 4.69) is 11.4 Å². The third kappa shape index (κ3) is 2.15. The number of benzene rings is 1. The van der Waals surface area contributed by atoms with Crippen LogP contribution >= 0.6 is 0 Å². The van der Waals surface area contributed by atoms with E-state index in [1.54, 1.807) is 6.07 Å². The number of amides is 1. The van der Waals surface area contributed by atoms with Crippen molar-refractivity contribution in [1.29, 1.82) is 5.26 Å². The molecule has 1 aliphatic rings. The zero-order valence-corrected chi connectivity index (χ0v) is 10.3. The molecule has 0 spiro atoms. The highest BCUT2D eigenvalue weighted by Gasteiger charge is 2.27. The molecular formula is C13H16N4O. The van der Waals surface area contributed by atoms with Gasteiger partial charge in [0.25, 0.3) is 0 Å². The molecule has 5 heteroatoms. The lowest BCUT2D eigenvalue weighted by atomic mass is 10.1. The lowest BCUT2D eigenvalue weighted by Crippen LogP contribution is -2.54. The van der Waals surface area contributed by atoms with E-state index in [0.717, 1.165) is 11.3 Å². The van der Waals surface area contributed by atoms with Crippen molar-refractivity contribution in [3.63, 3.8) is 0 Å². The smallest absolute Gasteiger partial charge is 0.242 e. The molecule has 0 bridgehead atoms. The normalized spacial score (nSPS) is 19.3. The molecule has 5 nitrogen and oxygen atoms in total. The Kier molecular flexibility index (Phi) is 3.49. The summed E-state index contributed by atoms with van der Waals surface area (Å²) in [6, 6.07) is 7.47. The molecule has 2 rings (SSSR count). The second kappa shape index (κ2) is 5.07. The van der Waals surface area contributed by atoms with Crippen LogP contribution in [0.25, 0.3) is 0 Å². The fraction of sp³-hybridized carbons (Fsp3) is 0.385. The highest BCUT2D eigenvalue weighted by atomic mass is 16.2. The van der Waals surface area contributed by atoms with Gasteiger partial charge in [-0.3, -0.25) is 4.79 Å². The van der Waals surface area contributed by atoms with Crippen molar-refractivity contribution in [3.05, 3.63) is 29.3 Å². The number of nitrogens with zero attached hydrogens (tertiary/aromatic N) is 2. The van der Waals surface area contributed by atoms with E-state index >= 15 is 0 Å². The second-order valence-electron chi connectivity index (χ2n) is 4.33. The summed E-state index contributed by atoms with van der Waals surface area (Å²) in [4.78, 5) is 13.6. The molecular weight excluding hydrogens is 228 g/mol. The Morgan fingerprint density at radius 2 is 2.39 bits per heavy atom. The summed E-state index contributed by atoms with van der Waals surface area (Å²) in [7, 11) is 0. The van der Waals surface area contributed by atoms with E-state index in [-0.39, 0.29) is 11.9 Å². The maximum atomic E-state index is 11.6. The topological polar surface area (TPSA) is 82.2 Å². The van der Waals surface area contributed by atoms with Gasteiger partial charge >= 0.3 is 0 Å². The fourth-order valence-electron chi connectivity index (χ4n) is 2.16. The maximum absolute atomic E-state index is 11.6. The predicted molar refractivity (Wildman–Crippen MR) is 68.9 cm³/mol. The second-order valence-corrected chi connectivity index (χ2v) is 4.33. The van der Waals surface area contributed by atoms with Crippen LogP contribution < -0.4 is 16.0 Å². The first-order chi connectivity index (χ1) is 8.67. The summed E-state index contributed by atoms with van der Waals surface area (Å²) < 4.78 is 0. The number of carbonyl (C=O) groups is 1. The van der Waals surface area contributed by atoms with Crippen molar-refractivity contribution >= 4 is 11.6 Å². The molecule has 0 radical (unpaired) electrons. The molecule has 0 saturated carbocycles. The SMILES string of the molecule is CC1C(=O)NCCN1c1ccc(CN)cc1C#N. The van der Waals surface area contributed by atoms with Gasteiger partial charge in [-0.2, -0.15) is 5.26 Å². The van der Waals surface area contributed by atoms with Gasteiger partial charge in [0.1, 0.15) is 12.1 Å². The van der Waals surface area contributed by atoms with Crippen LogP contribution in [0.2, 0.25) is 0 Å². The Morgan fingerprint density at radius 3 is 3.06 bits per heavy atom. The van der Waals surface area contributed by atoms with Crippen molar-refractivity contribution in [1.82, 2.24) is 5.32 Å². The third-order valence-corrected chi connectivity index (χ3v) is 3.23. The highest BCUT2D eigenvalue weighted by Crippen LogP contribution is 2.24. The minimum Gasteiger partial charge on any atom is -0.357 e. The van der Waals surface area contributed by atoms with Gasteiger partial charge in [0.15, 0.2) is 0 Å². The summed E-state index contributed by atoms with van der Waals surface area (Å²) in [6.07, 6.45) is 0. The Balaban J connectivity index is 2.38. The van der Waals surface area contributed by atoms with Crippen LogP contribution in [0, 0.1) is 11.3 Å². The standard InChI is InChI=1S/C13H16N4O/c1-9-13(18)16-4-5-17(9)12-3-2-10(7-14)6-11(12)8-15/h2-3,6,9H,4-5,7,14H2,1H3,(H,16,18). The van der Waals surface area contributed by atoms with Crippen molar-refractivity contribution < 1.29 is 4.79 Å². The first-order valence-electron chi connectivity index (χ1n) is 5.95. The number of nitrogens with two attached hydrogens (primary N) is 1. The van der Waals surface area contributed by atoms with E-state index in [1.807, 2.05) is 24.0 Å². The van der Waals surface area contributed by atoms with Crippen LogP contribution in [0.15, 0.2) is 18.2 Å². The van der Waals surface area contributed by atoms with E-state index in [9.17, 15) is 10.1 Å². The summed E-state index contributed by atoms with van der Waals surface area (Å²) in [5.74, 6) is -0.00644. The van der Waals surface area contributed by atoms with Crippen molar-refractivity contribution in [2.24, 2.45) is 5.73 Å². The van der Waals surface area contributed by atoms with E-state index in [0.29, 0.717) is 25.2 Å². The van der Waals surface area contributed by atoms with Gasteiger partial charge in [0.05, 0.1) is 11.3 Å². The monoisotopic (exact) mass is 244 g/mol. The average molecular weight is 244 g/mol. The molecule has 1 fully saturated rings. The van der Waals surface area contributed by atoms with Gasteiger partial charge in [-0.25, -0.2) is 0 Å². The molecule has 1 atom stereocenters. The van der Waals surface area contributed by atoms with E-state index < -0.39 is 0 Å². The number of hydrogen-bond donors (Lipinski definition) is 2. The molecule has 1 aromatic carbocycles. The molecule has 0 aromatic heterocycles. The minimum atomic E-state index is -0.255. The van der Waals surface area contributed by atoms with Crippen LogP contribution in [0.1, 0.15) is 18.1 Å². The van der Waals surface area contributed by atoms with Gasteiger partial charge in [-0.15, -0.1) is 0 Å². The lowest BCUT2D eigenvalue weighted by Gasteiger charge is -2.35. The molecule has 18 heavy (non-hydrogen) atoms. The van der Waals surface area contributed by atoms with E-state index in [4.69, 9.17) is 5.73 Å². The summed E-state index contributed by atoms with van der Waals surface area (Å²) in [6.45, 7) is 3.56. The largest absolute Gasteiger partial charge is 0.357 e. The molecule has 1 saturated heterocycles. The van der Waals surface area contributed by atoms with Gasteiger partial charge in [0.2, 0.25) is 5.91 Å². The number of hydrogen-bond acceptors (Lipinski definition) is 4. The number of piperazine rings is 1. The molecule has 3 N–H and O–H groups in total. The van der Waals surface area contributed by atoms with Crippen LogP contribution in [0.5, 0.6) is 0 Å². The number of nitriles is 1. The molecule has 1 aromatic rings. The van der Waals surface area contributed by atoms with Crippen molar-refractivity contribution in [3.8, 4) is 6.07 Å². The first-order valence-corrected chi connectivity index (χ1v) is 5.95. The van der Waals surface area contributed by atoms with Crippen molar-refractivity contribution in [2.45, 2.75) is 19.5 Å². The van der Waals surface area contributed by atoms with Gasteiger partial charge < -0.3 is 16.0 Å². The van der Waals surface area contributed by atoms with Crippen LogP contribution in [-0.2, 0) is 11.3 Å². The Bertz CT molecular complexity index is 506. The molecule has 0 aliphatic carbocycles. The summed E-state index contributed by atoms with van der Waals surface area (Å²) in [5.41, 5.74) is 7.86. The number of anilines is 1. The maximum Gasteiger partial charge on any atom is 0.242 e. The molecule has 1 amide bonds. The number of carbonyl (C=O) groups excluding carboxylic acids is 1. The Morgan fingerprint density at radius 1 is 1.61 bits per heavy atom. The number of nitrogens with one attached hydrogen (secondary N) is 1. The van der Waals surface area contributed by atoms with Crippen LogP contribution in [0.4, 0.5) is 5.69 Å². The molecule has 1 aliphatic heterocycles. The van der Waals surface area contributed by atoms with Crippen LogP contribution in [0.3, 0.4) is 0 Å². The predicted octanol–water partition coefficient (Wildman–Crippen LogP) is 0.342.